The van der Waals surface area contributed by atoms with Crippen LogP contribution >= 0.6 is 0 Å². The van der Waals surface area contributed by atoms with Gasteiger partial charge >= 0.3 is 11.8 Å². The van der Waals surface area contributed by atoms with Crippen LogP contribution in [0.25, 0.3) is 11.0 Å². The normalized spacial score (nSPS) is 15.7. The first-order chi connectivity index (χ1) is 16.6. The number of hydrogen-bond acceptors (Lipinski definition) is 5. The van der Waals surface area contributed by atoms with Crippen molar-refractivity contribution < 1.29 is 31.1 Å². The monoisotopic (exact) mass is 509 g/mol. The van der Waals surface area contributed by atoms with Gasteiger partial charge in [-0.05, 0) is 54.7 Å². The largest absolute Gasteiger partial charge is 0.423 e. The van der Waals surface area contributed by atoms with E-state index >= 15 is 0 Å². The summed E-state index contributed by atoms with van der Waals surface area (Å²) in [4.78, 5) is 11.6. The maximum absolute atomic E-state index is 13.4. The molecule has 10 heteroatoms. The third kappa shape index (κ3) is 5.60. The Morgan fingerprint density at radius 2 is 1.63 bits per heavy atom. The number of aliphatic hydroxyl groups is 1. The molecule has 1 aliphatic rings. The maximum Gasteiger partial charge on any atom is 0.417 e. The molecule has 0 saturated heterocycles. The van der Waals surface area contributed by atoms with Crippen LogP contribution in [0, 0.1) is 0 Å². The summed E-state index contributed by atoms with van der Waals surface area (Å²) in [5, 5.41) is 9.24. The average Bonchev–Trinajstić information content (AvgIpc) is 2.82. The number of alkyl halides is 3. The summed E-state index contributed by atoms with van der Waals surface area (Å²) < 4.78 is 73.1. The van der Waals surface area contributed by atoms with E-state index in [2.05, 4.69) is 0 Å². The minimum atomic E-state index is -4.71. The van der Waals surface area contributed by atoms with Crippen LogP contribution in [0.4, 0.5) is 13.2 Å². The highest BCUT2D eigenvalue weighted by atomic mass is 32.2. The molecule has 188 valence electrons. The molecule has 0 unspecified atom stereocenters. The molecule has 2 aromatic carbocycles. The van der Waals surface area contributed by atoms with Crippen molar-refractivity contribution in [3.8, 4) is 0 Å². The van der Waals surface area contributed by atoms with E-state index in [1.54, 1.807) is 18.2 Å². The summed E-state index contributed by atoms with van der Waals surface area (Å²) in [6.07, 6.45) is 0.0536. The van der Waals surface area contributed by atoms with Crippen LogP contribution in [0.1, 0.15) is 48.8 Å². The highest BCUT2D eigenvalue weighted by Gasteiger charge is 2.34. The molecule has 1 N–H and O–H groups in total. The van der Waals surface area contributed by atoms with Crippen LogP contribution < -0.4 is 5.63 Å². The van der Waals surface area contributed by atoms with Crippen molar-refractivity contribution in [2.24, 2.45) is 0 Å². The van der Waals surface area contributed by atoms with Crippen molar-refractivity contribution in [1.82, 2.24) is 4.31 Å². The standard InChI is InChI=1S/C25H26F3NO5S/c26-25(27,28)22-16-24(31)34-23-11-8-18(15-21(22)23)14-17-6-9-20(10-7-17)35(32,33)29(12-13-30)19-4-2-1-3-5-19/h6-11,15-16,19,30H,1-5,12-14H2. The lowest BCUT2D eigenvalue weighted by Crippen LogP contribution is -2.43. The van der Waals surface area contributed by atoms with Gasteiger partial charge in [0.15, 0.2) is 0 Å². The smallest absolute Gasteiger partial charge is 0.417 e. The van der Waals surface area contributed by atoms with Crippen molar-refractivity contribution in [2.75, 3.05) is 13.2 Å². The number of fused-ring (bicyclic) bond motifs is 1. The summed E-state index contributed by atoms with van der Waals surface area (Å²) in [6, 6.07) is 10.8. The fourth-order valence-electron chi connectivity index (χ4n) is 4.67. The lowest BCUT2D eigenvalue weighted by atomic mass is 9.95. The van der Waals surface area contributed by atoms with Gasteiger partial charge in [-0.3, -0.25) is 0 Å². The molecule has 0 amide bonds. The van der Waals surface area contributed by atoms with Crippen molar-refractivity contribution >= 4 is 21.0 Å². The topological polar surface area (TPSA) is 87.8 Å². The average molecular weight is 510 g/mol. The van der Waals surface area contributed by atoms with Crippen molar-refractivity contribution in [3.63, 3.8) is 0 Å². The van der Waals surface area contributed by atoms with Gasteiger partial charge in [-0.1, -0.05) is 37.5 Å². The number of rotatable bonds is 7. The van der Waals surface area contributed by atoms with Gasteiger partial charge in [0, 0.05) is 24.0 Å². The van der Waals surface area contributed by atoms with Gasteiger partial charge in [-0.15, -0.1) is 0 Å². The molecule has 0 radical (unpaired) electrons. The quantitative estimate of drug-likeness (QED) is 0.466. The van der Waals surface area contributed by atoms with Gasteiger partial charge in [-0.25, -0.2) is 13.2 Å². The zero-order valence-electron chi connectivity index (χ0n) is 18.9. The second kappa shape index (κ2) is 10.1. The van der Waals surface area contributed by atoms with E-state index in [0.717, 1.165) is 32.1 Å². The molecule has 1 aromatic heterocycles. The van der Waals surface area contributed by atoms with Crippen LogP contribution in [-0.2, 0) is 22.6 Å². The third-order valence-corrected chi connectivity index (χ3v) is 8.32. The van der Waals surface area contributed by atoms with E-state index in [-0.39, 0.29) is 41.5 Å². The lowest BCUT2D eigenvalue weighted by molar-refractivity contribution is -0.136. The Labute approximate surface area is 201 Å². The molecule has 1 saturated carbocycles. The number of halogens is 3. The predicted molar refractivity (Wildman–Crippen MR) is 125 cm³/mol. The molecule has 1 heterocycles. The maximum atomic E-state index is 13.4. The first-order valence-electron chi connectivity index (χ1n) is 11.5. The summed E-state index contributed by atoms with van der Waals surface area (Å²) >= 11 is 0. The Balaban J connectivity index is 1.59. The summed E-state index contributed by atoms with van der Waals surface area (Å²) in [7, 11) is -3.80. The number of nitrogens with zero attached hydrogens (tertiary/aromatic N) is 1. The minimum Gasteiger partial charge on any atom is -0.423 e. The predicted octanol–water partition coefficient (Wildman–Crippen LogP) is 4.72. The Kier molecular flexibility index (Phi) is 7.35. The highest BCUT2D eigenvalue weighted by Crippen LogP contribution is 2.34. The Bertz CT molecular complexity index is 1340. The van der Waals surface area contributed by atoms with Gasteiger partial charge in [-0.2, -0.15) is 17.5 Å². The van der Waals surface area contributed by atoms with E-state index in [0.29, 0.717) is 17.2 Å². The molecule has 0 spiro atoms. The first kappa shape index (κ1) is 25.4. The van der Waals surface area contributed by atoms with E-state index in [4.69, 9.17) is 4.42 Å². The minimum absolute atomic E-state index is 0.0313. The summed E-state index contributed by atoms with van der Waals surface area (Å²) in [6.45, 7) is -0.237. The van der Waals surface area contributed by atoms with Crippen molar-refractivity contribution in [3.05, 3.63) is 75.6 Å². The second-order valence-corrected chi connectivity index (χ2v) is 10.6. The molecule has 4 rings (SSSR count). The molecule has 0 atom stereocenters. The van der Waals surface area contributed by atoms with Crippen LogP contribution in [0.15, 0.2) is 62.6 Å². The first-order valence-corrected chi connectivity index (χ1v) is 12.9. The highest BCUT2D eigenvalue weighted by molar-refractivity contribution is 7.89. The molecule has 6 nitrogen and oxygen atoms in total. The summed E-state index contributed by atoms with van der Waals surface area (Å²) in [5.41, 5.74) is -1.02. The van der Waals surface area contributed by atoms with E-state index in [9.17, 15) is 31.5 Å². The molecular formula is C25H26F3NO5S. The molecule has 1 aliphatic carbocycles. The molecule has 3 aromatic rings. The molecule has 1 fully saturated rings. The SMILES string of the molecule is O=c1cc(C(F)(F)F)c2cc(Cc3ccc(S(=O)(=O)N(CCO)C4CCCCC4)cc3)ccc2o1. The fraction of sp³-hybridized carbons (Fsp3) is 0.400. The van der Waals surface area contributed by atoms with Crippen LogP contribution in [0.3, 0.4) is 0 Å². The Hall–Kier alpha value is -2.69. The zero-order valence-corrected chi connectivity index (χ0v) is 19.7. The summed E-state index contributed by atoms with van der Waals surface area (Å²) in [5.74, 6) is 0. The molecule has 0 bridgehead atoms. The van der Waals surface area contributed by atoms with E-state index < -0.39 is 27.4 Å². The van der Waals surface area contributed by atoms with Crippen molar-refractivity contribution in [1.29, 1.82) is 0 Å². The Morgan fingerprint density at radius 3 is 2.26 bits per heavy atom. The number of sulfonamides is 1. The zero-order chi connectivity index (χ0) is 25.2. The number of benzene rings is 2. The Morgan fingerprint density at radius 1 is 0.971 bits per heavy atom. The van der Waals surface area contributed by atoms with Crippen LogP contribution in [0.2, 0.25) is 0 Å². The van der Waals surface area contributed by atoms with Crippen LogP contribution in [-0.4, -0.2) is 37.0 Å². The second-order valence-electron chi connectivity index (χ2n) is 8.76. The van der Waals surface area contributed by atoms with Gasteiger partial charge < -0.3 is 9.52 Å². The lowest BCUT2D eigenvalue weighted by Gasteiger charge is -2.33. The van der Waals surface area contributed by atoms with Gasteiger partial charge in [0.25, 0.3) is 0 Å². The number of hydrogen-bond donors (Lipinski definition) is 1. The number of aliphatic hydroxyl groups excluding tert-OH is 1. The van der Waals surface area contributed by atoms with Gasteiger partial charge in [0.1, 0.15) is 5.58 Å². The molecule has 0 aliphatic heterocycles. The van der Waals surface area contributed by atoms with Gasteiger partial charge in [0.2, 0.25) is 10.0 Å². The van der Waals surface area contributed by atoms with E-state index in [1.807, 2.05) is 0 Å². The van der Waals surface area contributed by atoms with E-state index in [1.165, 1.54) is 28.6 Å². The molecule has 35 heavy (non-hydrogen) atoms. The fourth-order valence-corrected chi connectivity index (χ4v) is 6.35. The molecular weight excluding hydrogens is 483 g/mol. The third-order valence-electron chi connectivity index (χ3n) is 6.35. The van der Waals surface area contributed by atoms with Crippen LogP contribution in [0.5, 0.6) is 0 Å². The van der Waals surface area contributed by atoms with Gasteiger partial charge in [0.05, 0.1) is 17.1 Å². The van der Waals surface area contributed by atoms with Crippen molar-refractivity contribution in [2.45, 2.75) is 55.6 Å².